The largest absolute Gasteiger partial charge is 0.478 e. The number of hydroxylamine groups is 2. The lowest BCUT2D eigenvalue weighted by Crippen LogP contribution is -2.15. The molecule has 0 saturated carbocycles. The van der Waals surface area contributed by atoms with Crippen molar-refractivity contribution in [1.82, 2.24) is 5.06 Å². The second-order valence-electron chi connectivity index (χ2n) is 1.86. The van der Waals surface area contributed by atoms with Crippen LogP contribution in [-0.2, 0) is 10.0 Å². The van der Waals surface area contributed by atoms with Crippen molar-refractivity contribution in [2.24, 2.45) is 0 Å². The van der Waals surface area contributed by atoms with Gasteiger partial charge in [0.2, 0.25) is 0 Å². The predicted octanol–water partition coefficient (Wildman–Crippen LogP) is -0.342. The fourth-order valence-corrected chi connectivity index (χ4v) is 0.686. The summed E-state index contributed by atoms with van der Waals surface area (Å²) in [4.78, 5) is 10.1. The highest BCUT2D eigenvalue weighted by Crippen LogP contribution is 2.05. The van der Waals surface area contributed by atoms with Crippen LogP contribution in [0.5, 0.6) is 0 Å². The Morgan fingerprint density at radius 3 is 2.67 bits per heavy atom. The van der Waals surface area contributed by atoms with E-state index in [4.69, 9.17) is 5.11 Å². The van der Waals surface area contributed by atoms with Gasteiger partial charge in [-0.05, 0) is 0 Å². The molecule has 4 nitrogen and oxygen atoms in total. The topological polar surface area (TPSA) is 60.4 Å². The highest BCUT2D eigenvalue weighted by atomic mass is 16.5. The predicted molar refractivity (Wildman–Crippen MR) is 28.0 cm³/mol. The number of hydrogen-bond acceptors (Lipinski definition) is 2. The first-order valence-electron chi connectivity index (χ1n) is 2.54. The lowest BCUT2D eigenvalue weighted by molar-refractivity contribution is -0.142. The van der Waals surface area contributed by atoms with Crippen LogP contribution in [0.15, 0.2) is 11.6 Å². The third-order valence-electron chi connectivity index (χ3n) is 1.16. The van der Waals surface area contributed by atoms with Gasteiger partial charge in [-0.2, -0.15) is 0 Å². The van der Waals surface area contributed by atoms with Crippen LogP contribution in [0.1, 0.15) is 0 Å². The highest BCUT2D eigenvalue weighted by molar-refractivity contribution is 5.87. The number of carboxylic acid groups (broad SMARTS) is 1. The average molecular weight is 128 g/mol. The summed E-state index contributed by atoms with van der Waals surface area (Å²) in [5.74, 6) is -0.992. The zero-order valence-corrected chi connectivity index (χ0v) is 4.70. The number of rotatable bonds is 1. The van der Waals surface area contributed by atoms with Crippen molar-refractivity contribution in [2.75, 3.05) is 13.1 Å². The summed E-state index contributed by atoms with van der Waals surface area (Å²) in [5, 5.41) is 19.4. The van der Waals surface area contributed by atoms with E-state index in [-0.39, 0.29) is 18.7 Å². The van der Waals surface area contributed by atoms with Crippen molar-refractivity contribution in [3.8, 4) is 0 Å². The van der Waals surface area contributed by atoms with Crippen LogP contribution in [0.4, 0.5) is 0 Å². The number of aliphatic carboxylic acids is 1. The maximum Gasteiger partial charge on any atom is 0.332 e. The maximum absolute atomic E-state index is 10.4. The molecule has 49 valence electrons. The van der Waals surface area contributed by atoms with E-state index in [1.165, 1.54) is 6.08 Å². The lowest BCUT2D eigenvalue weighted by atomic mass is 10.3. The Balaban J connectivity index is 2.55. The molecule has 0 saturated heterocycles. The van der Waals surface area contributed by atoms with Gasteiger partial charge in [-0.25, -0.2) is 4.79 Å². The van der Waals surface area contributed by atoms with Crippen LogP contribution >= 0.6 is 0 Å². The molecule has 1 rings (SSSR count). The van der Waals surface area contributed by atoms with E-state index in [0.29, 0.717) is 5.06 Å². The summed E-state index contributed by atoms with van der Waals surface area (Å²) in [5.41, 5.74) is 0.199. The summed E-state index contributed by atoms with van der Waals surface area (Å²) in [7, 11) is 0. The Morgan fingerprint density at radius 1 is 1.78 bits per heavy atom. The molecule has 4 heteroatoms. The zero-order valence-electron chi connectivity index (χ0n) is 4.70. The first-order valence-corrected chi connectivity index (χ1v) is 2.54. The minimum Gasteiger partial charge on any atom is -0.478 e. The molecule has 0 aromatic carbocycles. The number of nitrogens with zero attached hydrogens (tertiary/aromatic N) is 1. The van der Waals surface area contributed by atoms with Crippen LogP contribution in [0.3, 0.4) is 0 Å². The third kappa shape index (κ3) is 1.28. The molecule has 1 radical (unpaired) electrons. The molecule has 1 aliphatic heterocycles. The van der Waals surface area contributed by atoms with E-state index < -0.39 is 5.97 Å². The van der Waals surface area contributed by atoms with E-state index >= 15 is 0 Å². The maximum atomic E-state index is 10.4. The third-order valence-corrected chi connectivity index (χ3v) is 1.16. The first-order chi connectivity index (χ1) is 4.20. The van der Waals surface area contributed by atoms with Gasteiger partial charge in [0.15, 0.2) is 0 Å². The summed E-state index contributed by atoms with van der Waals surface area (Å²) >= 11 is 0. The molecule has 0 spiro atoms. The standard InChI is InChI=1S/C5H6NO3/c7-5(8)4-1-2-6(9)3-4/h1H,2-3H2,(H,7,8). The zero-order chi connectivity index (χ0) is 6.85. The van der Waals surface area contributed by atoms with E-state index in [2.05, 4.69) is 0 Å². The van der Waals surface area contributed by atoms with Crippen molar-refractivity contribution in [3.05, 3.63) is 11.6 Å². The second kappa shape index (κ2) is 2.16. The number of hydrogen-bond donors (Lipinski definition) is 1. The van der Waals surface area contributed by atoms with Gasteiger partial charge in [0.05, 0.1) is 12.1 Å². The molecule has 0 amide bonds. The molecule has 0 unspecified atom stereocenters. The van der Waals surface area contributed by atoms with Gasteiger partial charge in [-0.1, -0.05) is 6.08 Å². The molecule has 0 fully saturated rings. The van der Waals surface area contributed by atoms with Crippen LogP contribution < -0.4 is 0 Å². The summed E-state index contributed by atoms with van der Waals surface area (Å²) in [6.45, 7) is 0.233. The fourth-order valence-electron chi connectivity index (χ4n) is 0.686. The van der Waals surface area contributed by atoms with Gasteiger partial charge >= 0.3 is 5.97 Å². The van der Waals surface area contributed by atoms with Crippen molar-refractivity contribution < 1.29 is 15.1 Å². The molecular weight excluding hydrogens is 122 g/mol. The van der Waals surface area contributed by atoms with Gasteiger partial charge in [0.25, 0.3) is 0 Å². The smallest absolute Gasteiger partial charge is 0.332 e. The van der Waals surface area contributed by atoms with E-state index in [0.717, 1.165) is 0 Å². The van der Waals surface area contributed by atoms with E-state index in [1.807, 2.05) is 0 Å². The summed E-state index contributed by atoms with van der Waals surface area (Å²) in [6.07, 6.45) is 1.43. The number of carboxylic acids is 1. The normalized spacial score (nSPS) is 19.9. The average Bonchev–Trinajstić information content (AvgIpc) is 2.14. The minimum absolute atomic E-state index is 0.0231. The van der Waals surface area contributed by atoms with E-state index in [1.54, 1.807) is 0 Å². The van der Waals surface area contributed by atoms with Gasteiger partial charge in [0, 0.05) is 6.54 Å². The SMILES string of the molecule is [O]N1CC=C(C(=O)O)C1. The van der Waals surface area contributed by atoms with E-state index in [9.17, 15) is 10.0 Å². The quantitative estimate of drug-likeness (QED) is 0.525. The molecule has 0 bridgehead atoms. The molecule has 9 heavy (non-hydrogen) atoms. The van der Waals surface area contributed by atoms with Crippen molar-refractivity contribution >= 4 is 5.97 Å². The van der Waals surface area contributed by atoms with Crippen LogP contribution in [0, 0.1) is 0 Å². The molecule has 0 aromatic heterocycles. The Morgan fingerprint density at radius 2 is 2.44 bits per heavy atom. The van der Waals surface area contributed by atoms with Gasteiger partial charge in [-0.3, -0.25) is 0 Å². The molecule has 1 N–H and O–H groups in total. The monoisotopic (exact) mass is 128 g/mol. The van der Waals surface area contributed by atoms with Crippen LogP contribution in [0.2, 0.25) is 0 Å². The van der Waals surface area contributed by atoms with Crippen molar-refractivity contribution in [1.29, 1.82) is 0 Å². The molecule has 1 heterocycles. The highest BCUT2D eigenvalue weighted by Gasteiger charge is 2.17. The molecule has 0 aliphatic carbocycles. The number of carbonyl (C=O) groups is 1. The molecular formula is C5H6NO3. The van der Waals surface area contributed by atoms with Crippen LogP contribution in [0.25, 0.3) is 0 Å². The van der Waals surface area contributed by atoms with Crippen molar-refractivity contribution in [2.45, 2.75) is 0 Å². The Bertz CT molecular complexity index is 164. The summed E-state index contributed by atoms with van der Waals surface area (Å²) in [6, 6.07) is 0. The molecule has 1 aliphatic rings. The van der Waals surface area contributed by atoms with Crippen molar-refractivity contribution in [3.63, 3.8) is 0 Å². The molecule has 0 atom stereocenters. The minimum atomic E-state index is -0.992. The Hall–Kier alpha value is -0.870. The first kappa shape index (κ1) is 6.25. The lowest BCUT2D eigenvalue weighted by Gasteiger charge is -1.98. The Kier molecular flexibility index (Phi) is 1.50. The molecule has 0 aromatic rings. The Labute approximate surface area is 52.0 Å². The van der Waals surface area contributed by atoms with Gasteiger partial charge < -0.3 is 5.11 Å². The van der Waals surface area contributed by atoms with Gasteiger partial charge in [0.1, 0.15) is 0 Å². The fraction of sp³-hybridized carbons (Fsp3) is 0.400. The second-order valence-corrected chi connectivity index (χ2v) is 1.86. The summed E-state index contributed by atoms with van der Waals surface area (Å²) < 4.78 is 0. The van der Waals surface area contributed by atoms with Gasteiger partial charge in [-0.15, -0.1) is 10.3 Å². The van der Waals surface area contributed by atoms with Crippen LogP contribution in [-0.4, -0.2) is 29.2 Å².